The van der Waals surface area contributed by atoms with Crippen LogP contribution in [-0.2, 0) is 0 Å². The quantitative estimate of drug-likeness (QED) is 0.448. The molecule has 0 spiro atoms. The maximum atomic E-state index is 12.0. The van der Waals surface area contributed by atoms with E-state index in [0.717, 1.165) is 16.5 Å². The SMILES string of the molecule is CC(=O)c1c(-c2ccc([N+](=O)[O-])cc2)[nH]c2ccccc12. The molecule has 0 aliphatic heterocycles. The third-order valence-electron chi connectivity index (χ3n) is 3.42. The first-order valence-corrected chi connectivity index (χ1v) is 6.44. The lowest BCUT2D eigenvalue weighted by molar-refractivity contribution is -0.384. The number of nitrogens with zero attached hydrogens (tertiary/aromatic N) is 1. The highest BCUT2D eigenvalue weighted by atomic mass is 16.6. The molecule has 0 amide bonds. The molecular formula is C16H12N2O3. The molecule has 0 aliphatic rings. The number of nitro benzene ring substituents is 1. The molecule has 0 bridgehead atoms. The molecule has 0 aliphatic carbocycles. The number of fused-ring (bicyclic) bond motifs is 1. The van der Waals surface area contributed by atoms with Gasteiger partial charge in [-0.1, -0.05) is 18.2 Å². The molecule has 0 radical (unpaired) electrons. The standard InChI is InChI=1S/C16H12N2O3/c1-10(19)15-13-4-2-3-5-14(13)17-16(15)11-6-8-12(9-7-11)18(20)21/h2-9,17H,1H3. The first-order valence-electron chi connectivity index (χ1n) is 6.44. The molecule has 0 fully saturated rings. The number of aromatic amines is 1. The number of hydrogen-bond acceptors (Lipinski definition) is 3. The molecule has 3 aromatic rings. The van der Waals surface area contributed by atoms with Crippen LogP contribution in [0.2, 0.25) is 0 Å². The average Bonchev–Trinajstić information content (AvgIpc) is 2.86. The summed E-state index contributed by atoms with van der Waals surface area (Å²) in [5, 5.41) is 11.6. The van der Waals surface area contributed by atoms with Crippen molar-refractivity contribution < 1.29 is 9.72 Å². The van der Waals surface area contributed by atoms with Crippen LogP contribution in [-0.4, -0.2) is 15.7 Å². The fraction of sp³-hybridized carbons (Fsp3) is 0.0625. The van der Waals surface area contributed by atoms with Crippen LogP contribution in [0.1, 0.15) is 17.3 Å². The van der Waals surface area contributed by atoms with Gasteiger partial charge in [0.1, 0.15) is 0 Å². The van der Waals surface area contributed by atoms with Gasteiger partial charge in [0.25, 0.3) is 5.69 Å². The Kier molecular flexibility index (Phi) is 3.02. The van der Waals surface area contributed by atoms with E-state index in [0.29, 0.717) is 11.3 Å². The fourth-order valence-corrected chi connectivity index (χ4v) is 2.47. The molecular weight excluding hydrogens is 268 g/mol. The number of H-pyrrole nitrogens is 1. The topological polar surface area (TPSA) is 76.0 Å². The van der Waals surface area contributed by atoms with Crippen molar-refractivity contribution in [3.8, 4) is 11.3 Å². The number of carbonyl (C=O) groups excluding carboxylic acids is 1. The van der Waals surface area contributed by atoms with E-state index in [-0.39, 0.29) is 11.5 Å². The molecule has 1 aromatic heterocycles. The normalized spacial score (nSPS) is 10.7. The fourth-order valence-electron chi connectivity index (χ4n) is 2.47. The lowest BCUT2D eigenvalue weighted by Gasteiger charge is -2.01. The Hall–Kier alpha value is -2.95. The highest BCUT2D eigenvalue weighted by Crippen LogP contribution is 2.31. The van der Waals surface area contributed by atoms with Crippen LogP contribution in [0.3, 0.4) is 0 Å². The summed E-state index contributed by atoms with van der Waals surface area (Å²) in [6.45, 7) is 1.52. The first-order chi connectivity index (χ1) is 10.1. The zero-order valence-corrected chi connectivity index (χ0v) is 11.3. The molecule has 0 unspecified atom stereocenters. The van der Waals surface area contributed by atoms with Gasteiger partial charge in [0, 0.05) is 23.0 Å². The van der Waals surface area contributed by atoms with Crippen molar-refractivity contribution >= 4 is 22.4 Å². The summed E-state index contributed by atoms with van der Waals surface area (Å²) in [5.41, 5.74) is 2.95. The molecule has 21 heavy (non-hydrogen) atoms. The molecule has 1 heterocycles. The number of aromatic nitrogens is 1. The maximum absolute atomic E-state index is 12.0. The first kappa shape index (κ1) is 13.1. The van der Waals surface area contributed by atoms with Gasteiger partial charge in [-0.25, -0.2) is 0 Å². The van der Waals surface area contributed by atoms with Crippen molar-refractivity contribution in [1.29, 1.82) is 0 Å². The van der Waals surface area contributed by atoms with Crippen LogP contribution in [0.4, 0.5) is 5.69 Å². The van der Waals surface area contributed by atoms with Gasteiger partial charge in [-0.05, 0) is 30.7 Å². The number of carbonyl (C=O) groups is 1. The summed E-state index contributed by atoms with van der Waals surface area (Å²) in [7, 11) is 0. The number of nitro groups is 1. The smallest absolute Gasteiger partial charge is 0.269 e. The largest absolute Gasteiger partial charge is 0.354 e. The lowest BCUT2D eigenvalue weighted by atomic mass is 10.0. The van der Waals surface area contributed by atoms with Crippen LogP contribution < -0.4 is 0 Å². The van der Waals surface area contributed by atoms with Gasteiger partial charge in [0.05, 0.1) is 16.2 Å². The average molecular weight is 280 g/mol. The number of benzene rings is 2. The van der Waals surface area contributed by atoms with Crippen molar-refractivity contribution in [3.63, 3.8) is 0 Å². The second kappa shape index (κ2) is 4.86. The summed E-state index contributed by atoms with van der Waals surface area (Å²) >= 11 is 0. The number of Topliss-reactive ketones (excluding diaryl/α,β-unsaturated/α-hetero) is 1. The van der Waals surface area contributed by atoms with Gasteiger partial charge in [-0.15, -0.1) is 0 Å². The van der Waals surface area contributed by atoms with E-state index in [1.54, 1.807) is 12.1 Å². The maximum Gasteiger partial charge on any atom is 0.269 e. The van der Waals surface area contributed by atoms with E-state index in [1.807, 2.05) is 24.3 Å². The molecule has 0 atom stereocenters. The zero-order valence-electron chi connectivity index (χ0n) is 11.3. The molecule has 1 N–H and O–H groups in total. The van der Waals surface area contributed by atoms with Crippen molar-refractivity contribution in [1.82, 2.24) is 4.98 Å². The Morgan fingerprint density at radius 3 is 2.38 bits per heavy atom. The number of non-ortho nitro benzene ring substituents is 1. The highest BCUT2D eigenvalue weighted by molar-refractivity contribution is 6.12. The number of nitrogens with one attached hydrogen (secondary N) is 1. The molecule has 0 saturated carbocycles. The van der Waals surface area contributed by atoms with Crippen LogP contribution in [0.25, 0.3) is 22.2 Å². The predicted molar refractivity (Wildman–Crippen MR) is 80.4 cm³/mol. The van der Waals surface area contributed by atoms with Gasteiger partial charge in [-0.3, -0.25) is 14.9 Å². The Morgan fingerprint density at radius 2 is 1.76 bits per heavy atom. The minimum absolute atomic E-state index is 0.0271. The van der Waals surface area contributed by atoms with E-state index >= 15 is 0 Å². The molecule has 5 nitrogen and oxygen atoms in total. The monoisotopic (exact) mass is 280 g/mol. The predicted octanol–water partition coefficient (Wildman–Crippen LogP) is 3.95. The Morgan fingerprint density at radius 1 is 1.10 bits per heavy atom. The van der Waals surface area contributed by atoms with Gasteiger partial charge in [-0.2, -0.15) is 0 Å². The number of ketones is 1. The minimum atomic E-state index is -0.444. The van der Waals surface area contributed by atoms with Crippen molar-refractivity contribution in [2.45, 2.75) is 6.92 Å². The van der Waals surface area contributed by atoms with Gasteiger partial charge in [0.2, 0.25) is 0 Å². The molecule has 5 heteroatoms. The van der Waals surface area contributed by atoms with Crippen molar-refractivity contribution in [2.75, 3.05) is 0 Å². The van der Waals surface area contributed by atoms with Gasteiger partial charge in [0.15, 0.2) is 5.78 Å². The summed E-state index contributed by atoms with van der Waals surface area (Å²) in [4.78, 5) is 25.4. The van der Waals surface area contributed by atoms with Crippen molar-refractivity contribution in [2.24, 2.45) is 0 Å². The molecule has 2 aromatic carbocycles. The van der Waals surface area contributed by atoms with E-state index in [2.05, 4.69) is 4.98 Å². The highest BCUT2D eigenvalue weighted by Gasteiger charge is 2.17. The summed E-state index contributed by atoms with van der Waals surface area (Å²) in [5.74, 6) is -0.0409. The molecule has 3 rings (SSSR count). The van der Waals surface area contributed by atoms with Gasteiger partial charge < -0.3 is 4.98 Å². The summed E-state index contributed by atoms with van der Waals surface area (Å²) < 4.78 is 0. The number of rotatable bonds is 3. The number of hydrogen-bond donors (Lipinski definition) is 1. The minimum Gasteiger partial charge on any atom is -0.354 e. The Balaban J connectivity index is 2.22. The van der Waals surface area contributed by atoms with Crippen LogP contribution in [0.5, 0.6) is 0 Å². The number of para-hydroxylation sites is 1. The molecule has 0 saturated heterocycles. The van der Waals surface area contributed by atoms with Crippen LogP contribution >= 0.6 is 0 Å². The van der Waals surface area contributed by atoms with E-state index in [4.69, 9.17) is 0 Å². The van der Waals surface area contributed by atoms with Crippen molar-refractivity contribution in [3.05, 3.63) is 64.2 Å². The van der Waals surface area contributed by atoms with E-state index in [1.165, 1.54) is 19.1 Å². The Bertz CT molecular complexity index is 848. The third kappa shape index (κ3) is 2.18. The van der Waals surface area contributed by atoms with E-state index in [9.17, 15) is 14.9 Å². The van der Waals surface area contributed by atoms with Crippen LogP contribution in [0.15, 0.2) is 48.5 Å². The summed E-state index contributed by atoms with van der Waals surface area (Å²) in [6.07, 6.45) is 0. The second-order valence-corrected chi connectivity index (χ2v) is 4.78. The second-order valence-electron chi connectivity index (χ2n) is 4.78. The zero-order chi connectivity index (χ0) is 15.0. The summed E-state index contributed by atoms with van der Waals surface area (Å²) in [6, 6.07) is 13.7. The third-order valence-corrected chi connectivity index (χ3v) is 3.42. The van der Waals surface area contributed by atoms with Crippen LogP contribution in [0, 0.1) is 10.1 Å². The van der Waals surface area contributed by atoms with Gasteiger partial charge >= 0.3 is 0 Å². The van der Waals surface area contributed by atoms with E-state index < -0.39 is 4.92 Å². The molecule has 104 valence electrons. The lowest BCUT2D eigenvalue weighted by Crippen LogP contribution is -1.94. The Labute approximate surface area is 120 Å².